The predicted molar refractivity (Wildman–Crippen MR) is 65.8 cm³/mol. The minimum Gasteiger partial charge on any atom is -0.341 e. The van der Waals surface area contributed by atoms with Crippen LogP contribution in [0.4, 0.5) is 13.2 Å². The highest BCUT2D eigenvalue weighted by Gasteiger charge is 2.48. The van der Waals surface area contributed by atoms with Gasteiger partial charge >= 0.3 is 12.1 Å². The summed E-state index contributed by atoms with van der Waals surface area (Å²) in [6.07, 6.45) is -0.276. The molecule has 2 fully saturated rings. The fraction of sp³-hybridized carbons (Fsp3) is 0.846. The van der Waals surface area contributed by atoms with E-state index in [-0.39, 0.29) is 12.5 Å². The first-order valence-corrected chi connectivity index (χ1v) is 7.08. The van der Waals surface area contributed by atoms with Gasteiger partial charge in [-0.25, -0.2) is 0 Å². The molecular weight excluding hydrogens is 273 g/mol. The highest BCUT2D eigenvalue weighted by Crippen LogP contribution is 2.27. The summed E-state index contributed by atoms with van der Waals surface area (Å²) in [5.74, 6) is -2.20. The smallest absolute Gasteiger partial charge is 0.341 e. The van der Waals surface area contributed by atoms with Gasteiger partial charge in [0.2, 0.25) is 5.91 Å². The van der Waals surface area contributed by atoms with Gasteiger partial charge in [0.05, 0.1) is 0 Å². The summed E-state index contributed by atoms with van der Waals surface area (Å²) in [6, 6.07) is -0.928. The molecule has 2 rings (SSSR count). The fourth-order valence-corrected chi connectivity index (χ4v) is 2.93. The third-order valence-corrected chi connectivity index (χ3v) is 3.96. The lowest BCUT2D eigenvalue weighted by atomic mass is 10.2. The minimum absolute atomic E-state index is 0.0165. The first-order chi connectivity index (χ1) is 9.41. The monoisotopic (exact) mass is 292 g/mol. The second-order valence-corrected chi connectivity index (χ2v) is 5.39. The molecular formula is C13H19F3N2O2. The number of hydrogen-bond donors (Lipinski definition) is 0. The van der Waals surface area contributed by atoms with E-state index in [0.29, 0.717) is 30.8 Å². The molecule has 2 amide bonds. The summed E-state index contributed by atoms with van der Waals surface area (Å²) in [4.78, 5) is 26.0. The molecule has 114 valence electrons. The molecule has 2 aliphatic rings. The highest BCUT2D eigenvalue weighted by atomic mass is 19.4. The molecule has 0 aromatic rings. The van der Waals surface area contributed by atoms with Crippen molar-refractivity contribution in [3.63, 3.8) is 0 Å². The number of amides is 2. The average Bonchev–Trinajstić information content (AvgIpc) is 2.70. The first-order valence-electron chi connectivity index (χ1n) is 7.08. The zero-order valence-electron chi connectivity index (χ0n) is 11.3. The number of carbonyl (C=O) groups is 2. The maximum Gasteiger partial charge on any atom is 0.471 e. The molecule has 1 atom stereocenters. The van der Waals surface area contributed by atoms with E-state index in [1.54, 1.807) is 4.90 Å². The number of alkyl halides is 3. The Morgan fingerprint density at radius 3 is 2.05 bits per heavy atom. The largest absolute Gasteiger partial charge is 0.471 e. The number of nitrogens with zero attached hydrogens (tertiary/aromatic N) is 2. The molecule has 20 heavy (non-hydrogen) atoms. The van der Waals surface area contributed by atoms with Gasteiger partial charge in [-0.15, -0.1) is 0 Å². The summed E-state index contributed by atoms with van der Waals surface area (Å²) in [7, 11) is 0. The number of halogens is 3. The Kier molecular flexibility index (Phi) is 4.55. The second-order valence-electron chi connectivity index (χ2n) is 5.39. The maximum atomic E-state index is 12.5. The lowest BCUT2D eigenvalue weighted by Crippen LogP contribution is -2.51. The summed E-state index contributed by atoms with van der Waals surface area (Å²) in [6.45, 7) is 1.19. The van der Waals surface area contributed by atoms with Gasteiger partial charge < -0.3 is 9.80 Å². The number of rotatable bonds is 1. The van der Waals surface area contributed by atoms with Crippen molar-refractivity contribution in [1.29, 1.82) is 0 Å². The van der Waals surface area contributed by atoms with Gasteiger partial charge in [0.15, 0.2) is 0 Å². The van der Waals surface area contributed by atoms with E-state index in [4.69, 9.17) is 0 Å². The summed E-state index contributed by atoms with van der Waals surface area (Å²) < 4.78 is 37.6. The van der Waals surface area contributed by atoms with Crippen LogP contribution in [0.2, 0.25) is 0 Å². The van der Waals surface area contributed by atoms with Crippen LogP contribution in [0.5, 0.6) is 0 Å². The maximum absolute atomic E-state index is 12.5. The molecule has 0 aromatic carbocycles. The van der Waals surface area contributed by atoms with Crippen LogP contribution < -0.4 is 0 Å². The Morgan fingerprint density at radius 2 is 1.50 bits per heavy atom. The van der Waals surface area contributed by atoms with Crippen LogP contribution >= 0.6 is 0 Å². The molecule has 7 heteroatoms. The quantitative estimate of drug-likeness (QED) is 0.741. The first kappa shape index (κ1) is 15.1. The van der Waals surface area contributed by atoms with Crippen molar-refractivity contribution in [2.24, 2.45) is 0 Å². The van der Waals surface area contributed by atoms with Gasteiger partial charge in [0.25, 0.3) is 0 Å². The SMILES string of the molecule is O=C(C1CCCN1C(=O)C(F)(F)F)N1CCCCCC1. The van der Waals surface area contributed by atoms with Crippen molar-refractivity contribution >= 4 is 11.8 Å². The van der Waals surface area contributed by atoms with Gasteiger partial charge in [-0.3, -0.25) is 9.59 Å². The lowest BCUT2D eigenvalue weighted by molar-refractivity contribution is -0.187. The van der Waals surface area contributed by atoms with Crippen molar-refractivity contribution < 1.29 is 22.8 Å². The van der Waals surface area contributed by atoms with Crippen LogP contribution in [0.3, 0.4) is 0 Å². The molecule has 0 bridgehead atoms. The van der Waals surface area contributed by atoms with Gasteiger partial charge in [-0.1, -0.05) is 12.8 Å². The molecule has 4 nitrogen and oxygen atoms in total. The third-order valence-electron chi connectivity index (χ3n) is 3.96. The van der Waals surface area contributed by atoms with Crippen LogP contribution in [0.15, 0.2) is 0 Å². The third kappa shape index (κ3) is 3.24. The van der Waals surface area contributed by atoms with Crippen LogP contribution in [-0.2, 0) is 9.59 Å². The summed E-state index contributed by atoms with van der Waals surface area (Å²) >= 11 is 0. The molecule has 0 aromatic heterocycles. The van der Waals surface area contributed by atoms with Crippen LogP contribution in [0, 0.1) is 0 Å². The van der Waals surface area contributed by atoms with Gasteiger partial charge in [-0.2, -0.15) is 13.2 Å². The van der Waals surface area contributed by atoms with Crippen LogP contribution in [-0.4, -0.2) is 53.5 Å². The van der Waals surface area contributed by atoms with E-state index in [1.165, 1.54) is 0 Å². The van der Waals surface area contributed by atoms with Crippen molar-refractivity contribution in [3.8, 4) is 0 Å². The molecule has 1 unspecified atom stereocenters. The molecule has 2 heterocycles. The molecule has 2 saturated heterocycles. The Bertz CT molecular complexity index is 376. The lowest BCUT2D eigenvalue weighted by Gasteiger charge is -2.30. The zero-order valence-corrected chi connectivity index (χ0v) is 11.3. The fourth-order valence-electron chi connectivity index (χ4n) is 2.93. The van der Waals surface area contributed by atoms with Crippen molar-refractivity contribution in [3.05, 3.63) is 0 Å². The van der Waals surface area contributed by atoms with E-state index < -0.39 is 18.1 Å². The molecule has 2 aliphatic heterocycles. The van der Waals surface area contributed by atoms with E-state index in [0.717, 1.165) is 25.7 Å². The van der Waals surface area contributed by atoms with Crippen LogP contribution in [0.1, 0.15) is 38.5 Å². The molecule has 0 saturated carbocycles. The number of likely N-dealkylation sites (tertiary alicyclic amines) is 2. The highest BCUT2D eigenvalue weighted by molar-refractivity contribution is 5.90. The van der Waals surface area contributed by atoms with E-state index >= 15 is 0 Å². The van der Waals surface area contributed by atoms with Crippen molar-refractivity contribution in [1.82, 2.24) is 9.80 Å². The standard InChI is InChI=1S/C13H19F3N2O2/c14-13(15,16)12(20)18-9-5-6-10(18)11(19)17-7-3-1-2-4-8-17/h10H,1-9H2. The van der Waals surface area contributed by atoms with Gasteiger partial charge in [0.1, 0.15) is 6.04 Å². The topological polar surface area (TPSA) is 40.6 Å². The second kappa shape index (κ2) is 6.01. The van der Waals surface area contributed by atoms with E-state index in [1.807, 2.05) is 0 Å². The van der Waals surface area contributed by atoms with Crippen LogP contribution in [0.25, 0.3) is 0 Å². The molecule has 0 spiro atoms. The summed E-state index contributed by atoms with van der Waals surface area (Å²) in [5.41, 5.74) is 0. The van der Waals surface area contributed by atoms with E-state index in [9.17, 15) is 22.8 Å². The molecule has 0 aliphatic carbocycles. The molecule has 0 N–H and O–H groups in total. The van der Waals surface area contributed by atoms with Gasteiger partial charge in [0, 0.05) is 19.6 Å². The van der Waals surface area contributed by atoms with Crippen molar-refractivity contribution in [2.45, 2.75) is 50.7 Å². The number of carbonyl (C=O) groups excluding carboxylic acids is 2. The predicted octanol–water partition coefficient (Wildman–Crippen LogP) is 1.94. The zero-order chi connectivity index (χ0) is 14.8. The van der Waals surface area contributed by atoms with E-state index in [2.05, 4.69) is 0 Å². The normalized spacial score (nSPS) is 24.6. The Morgan fingerprint density at radius 1 is 0.900 bits per heavy atom. The molecule has 0 radical (unpaired) electrons. The number of hydrogen-bond acceptors (Lipinski definition) is 2. The Labute approximate surface area is 115 Å². The summed E-state index contributed by atoms with van der Waals surface area (Å²) in [5, 5.41) is 0. The van der Waals surface area contributed by atoms with Crippen molar-refractivity contribution in [2.75, 3.05) is 19.6 Å². The average molecular weight is 292 g/mol. The van der Waals surface area contributed by atoms with Gasteiger partial charge in [-0.05, 0) is 25.7 Å². The Balaban J connectivity index is 2.06. The minimum atomic E-state index is -4.90. The Hall–Kier alpha value is -1.27.